The van der Waals surface area contributed by atoms with Crippen LogP contribution in [0.3, 0.4) is 0 Å². The third-order valence-electron chi connectivity index (χ3n) is 3.21. The first-order chi connectivity index (χ1) is 11.3. The van der Waals surface area contributed by atoms with Gasteiger partial charge in [-0.25, -0.2) is 9.18 Å². The smallest absolute Gasteiger partial charge is 0.408 e. The first-order valence-electron chi connectivity index (χ1n) is 8.10. The molecule has 0 saturated heterocycles. The molecule has 1 amide bonds. The first kappa shape index (κ1) is 21.7. The Morgan fingerprint density at radius 1 is 1.20 bits per heavy atom. The van der Waals surface area contributed by atoms with Gasteiger partial charge in [-0.1, -0.05) is 13.8 Å². The predicted molar refractivity (Wildman–Crippen MR) is 96.8 cm³/mol. The van der Waals surface area contributed by atoms with Gasteiger partial charge in [-0.15, -0.1) is 0 Å². The molecule has 0 bridgehead atoms. The molecule has 1 aromatic carbocycles. The molecule has 4 nitrogen and oxygen atoms in total. The van der Waals surface area contributed by atoms with Crippen LogP contribution in [-0.4, -0.2) is 23.8 Å². The number of ether oxygens (including phenoxy) is 2. The van der Waals surface area contributed by atoms with Gasteiger partial charge in [-0.2, -0.15) is 4.39 Å². The molecule has 0 unspecified atom stereocenters. The number of carbonyl (C=O) groups is 1. The summed E-state index contributed by atoms with van der Waals surface area (Å²) >= 11 is 2.92. The Morgan fingerprint density at radius 2 is 1.80 bits per heavy atom. The molecule has 0 spiro atoms. The van der Waals surface area contributed by atoms with E-state index < -0.39 is 28.9 Å². The molecule has 1 rings (SSSR count). The lowest BCUT2D eigenvalue weighted by molar-refractivity contribution is 0.0406. The second-order valence-corrected chi connectivity index (χ2v) is 8.60. The van der Waals surface area contributed by atoms with Crippen molar-refractivity contribution in [1.29, 1.82) is 0 Å². The van der Waals surface area contributed by atoms with Crippen LogP contribution in [0.4, 0.5) is 13.6 Å². The van der Waals surface area contributed by atoms with E-state index in [1.54, 1.807) is 27.7 Å². The van der Waals surface area contributed by atoms with Crippen molar-refractivity contribution in [2.75, 3.05) is 6.61 Å². The number of benzene rings is 1. The van der Waals surface area contributed by atoms with E-state index in [-0.39, 0.29) is 22.7 Å². The maximum Gasteiger partial charge on any atom is 0.408 e. The van der Waals surface area contributed by atoms with Crippen LogP contribution in [0.25, 0.3) is 0 Å². The van der Waals surface area contributed by atoms with E-state index in [0.29, 0.717) is 6.42 Å². The Bertz CT molecular complexity index is 617. The molecule has 1 atom stereocenters. The Balaban J connectivity index is 2.88. The maximum absolute atomic E-state index is 13.9. The highest BCUT2D eigenvalue weighted by Gasteiger charge is 2.31. The van der Waals surface area contributed by atoms with E-state index in [1.807, 2.05) is 13.8 Å². The molecule has 7 heteroatoms. The summed E-state index contributed by atoms with van der Waals surface area (Å²) in [6.45, 7) is 11.0. The Kier molecular flexibility index (Phi) is 7.23. The summed E-state index contributed by atoms with van der Waals surface area (Å²) in [6.07, 6.45) is -0.00549. The number of rotatable bonds is 6. The average Bonchev–Trinajstić information content (AvgIpc) is 2.40. The number of carbonyl (C=O) groups excluding carboxylic acids is 1. The molecule has 25 heavy (non-hydrogen) atoms. The van der Waals surface area contributed by atoms with Crippen LogP contribution in [0.1, 0.15) is 48.0 Å². The van der Waals surface area contributed by atoms with Crippen LogP contribution >= 0.6 is 15.9 Å². The summed E-state index contributed by atoms with van der Waals surface area (Å²) in [5, 5.41) is 2.79. The van der Waals surface area contributed by atoms with E-state index in [2.05, 4.69) is 21.2 Å². The summed E-state index contributed by atoms with van der Waals surface area (Å²) < 4.78 is 38.3. The summed E-state index contributed by atoms with van der Waals surface area (Å²) in [5.74, 6) is -2.04. The van der Waals surface area contributed by atoms with Gasteiger partial charge in [0.1, 0.15) is 12.2 Å². The van der Waals surface area contributed by atoms with Gasteiger partial charge in [0.2, 0.25) is 5.82 Å². The third kappa shape index (κ3) is 7.18. The topological polar surface area (TPSA) is 47.6 Å². The van der Waals surface area contributed by atoms with Crippen molar-refractivity contribution in [1.82, 2.24) is 5.32 Å². The minimum absolute atomic E-state index is 0.0224. The molecular weight excluding hydrogens is 396 g/mol. The van der Waals surface area contributed by atoms with Crippen molar-refractivity contribution in [3.05, 3.63) is 28.2 Å². The number of alkyl carbamates (subject to hydrolysis) is 1. The molecule has 0 radical (unpaired) electrons. The Hall–Kier alpha value is -1.37. The van der Waals surface area contributed by atoms with Gasteiger partial charge in [0, 0.05) is 0 Å². The number of nitrogens with one attached hydrogen (secondary N) is 1. The maximum atomic E-state index is 13.9. The van der Waals surface area contributed by atoms with Crippen LogP contribution < -0.4 is 10.1 Å². The lowest BCUT2D eigenvalue weighted by Gasteiger charge is -2.33. The zero-order valence-electron chi connectivity index (χ0n) is 15.5. The van der Waals surface area contributed by atoms with Gasteiger partial charge < -0.3 is 14.8 Å². The molecular formula is C18H26BrF2NO3. The van der Waals surface area contributed by atoms with Crippen molar-refractivity contribution in [2.24, 2.45) is 5.92 Å². The van der Waals surface area contributed by atoms with Crippen LogP contribution in [-0.2, 0) is 4.74 Å². The van der Waals surface area contributed by atoms with E-state index in [4.69, 9.17) is 9.47 Å². The second kappa shape index (κ2) is 8.34. The molecule has 0 aliphatic rings. The fourth-order valence-corrected chi connectivity index (χ4v) is 2.76. The highest BCUT2D eigenvalue weighted by molar-refractivity contribution is 9.10. The van der Waals surface area contributed by atoms with Crippen LogP contribution in [0.15, 0.2) is 16.6 Å². The zero-order valence-corrected chi connectivity index (χ0v) is 17.1. The molecule has 0 saturated carbocycles. The summed E-state index contributed by atoms with van der Waals surface area (Å²) in [5.41, 5.74) is -1.43. The standard InChI is InChI=1S/C18H26BrF2NO3/c1-11(2)9-18(6,22-16(23)25-17(3,4)5)10-24-13-8-7-12(19)14(20)15(13)21/h7-8,11H,9-10H2,1-6H3,(H,22,23)/t18-/m0/s1. The largest absolute Gasteiger partial charge is 0.488 e. The summed E-state index contributed by atoms with van der Waals surface area (Å²) in [6, 6.07) is 2.71. The average molecular weight is 422 g/mol. The molecule has 1 N–H and O–H groups in total. The molecule has 0 fully saturated rings. The van der Waals surface area contributed by atoms with Crippen molar-refractivity contribution >= 4 is 22.0 Å². The Labute approximate surface area is 156 Å². The lowest BCUT2D eigenvalue weighted by Crippen LogP contribution is -2.52. The van der Waals surface area contributed by atoms with Crippen LogP contribution in [0.2, 0.25) is 0 Å². The molecule has 1 aromatic rings. The van der Waals surface area contributed by atoms with Gasteiger partial charge in [0.15, 0.2) is 11.6 Å². The van der Waals surface area contributed by atoms with E-state index in [9.17, 15) is 13.6 Å². The van der Waals surface area contributed by atoms with E-state index in [0.717, 1.165) is 0 Å². The van der Waals surface area contributed by atoms with E-state index >= 15 is 0 Å². The van der Waals surface area contributed by atoms with Crippen molar-refractivity contribution in [3.63, 3.8) is 0 Å². The zero-order chi connectivity index (χ0) is 19.4. The van der Waals surface area contributed by atoms with Crippen LogP contribution in [0.5, 0.6) is 5.75 Å². The number of halogens is 3. The van der Waals surface area contributed by atoms with E-state index in [1.165, 1.54) is 12.1 Å². The van der Waals surface area contributed by atoms with Gasteiger partial charge in [-0.05, 0) is 68.1 Å². The number of amides is 1. The highest BCUT2D eigenvalue weighted by Crippen LogP contribution is 2.27. The van der Waals surface area contributed by atoms with Gasteiger partial charge in [-0.3, -0.25) is 0 Å². The monoisotopic (exact) mass is 421 g/mol. The fraction of sp³-hybridized carbons (Fsp3) is 0.611. The van der Waals surface area contributed by atoms with Crippen molar-refractivity contribution in [3.8, 4) is 5.75 Å². The molecule has 0 aromatic heterocycles. The number of hydrogen-bond donors (Lipinski definition) is 1. The summed E-state index contributed by atoms with van der Waals surface area (Å²) in [7, 11) is 0. The minimum atomic E-state index is -1.07. The van der Waals surface area contributed by atoms with Gasteiger partial charge in [0.05, 0.1) is 10.0 Å². The van der Waals surface area contributed by atoms with Gasteiger partial charge in [0.25, 0.3) is 0 Å². The number of hydrogen-bond acceptors (Lipinski definition) is 3. The Morgan fingerprint density at radius 3 is 2.32 bits per heavy atom. The fourth-order valence-electron chi connectivity index (χ4n) is 2.45. The molecule has 142 valence electrons. The SMILES string of the molecule is CC(C)C[C@@](C)(COc1ccc(Br)c(F)c1F)NC(=O)OC(C)(C)C. The van der Waals surface area contributed by atoms with Gasteiger partial charge >= 0.3 is 6.09 Å². The second-order valence-electron chi connectivity index (χ2n) is 7.75. The molecule has 0 aliphatic heterocycles. The molecule has 0 heterocycles. The third-order valence-corrected chi connectivity index (χ3v) is 3.82. The van der Waals surface area contributed by atoms with Crippen LogP contribution in [0, 0.1) is 17.6 Å². The first-order valence-corrected chi connectivity index (χ1v) is 8.90. The predicted octanol–water partition coefficient (Wildman–Crippen LogP) is 5.44. The summed E-state index contributed by atoms with van der Waals surface area (Å²) in [4.78, 5) is 12.1. The van der Waals surface area contributed by atoms with Crippen molar-refractivity contribution < 1.29 is 23.0 Å². The molecule has 0 aliphatic carbocycles. The normalized spacial score (nSPS) is 14.2. The lowest BCUT2D eigenvalue weighted by atomic mass is 9.91. The van der Waals surface area contributed by atoms with Crippen molar-refractivity contribution in [2.45, 2.75) is 59.1 Å². The highest BCUT2D eigenvalue weighted by atomic mass is 79.9. The quantitative estimate of drug-likeness (QED) is 0.622. The minimum Gasteiger partial charge on any atom is -0.488 e.